The number of amides is 2. The lowest BCUT2D eigenvalue weighted by molar-refractivity contribution is -0.117. The fourth-order valence-electron chi connectivity index (χ4n) is 4.95. The second kappa shape index (κ2) is 9.08. The quantitative estimate of drug-likeness (QED) is 0.619. The minimum absolute atomic E-state index is 0.0939. The van der Waals surface area contributed by atoms with E-state index in [2.05, 4.69) is 41.8 Å². The first kappa shape index (κ1) is 23.1. The molecule has 3 atom stereocenters. The molecule has 4 rings (SSSR count). The van der Waals surface area contributed by atoms with Gasteiger partial charge in [0, 0.05) is 36.8 Å². The third-order valence-corrected chi connectivity index (χ3v) is 6.42. The van der Waals surface area contributed by atoms with Crippen LogP contribution in [0.3, 0.4) is 0 Å². The first-order valence-electron chi connectivity index (χ1n) is 11.8. The Kier molecular flexibility index (Phi) is 6.37. The Labute approximate surface area is 196 Å². The number of hydrogen-bond donors (Lipinski definition) is 2. The second-order valence-corrected chi connectivity index (χ2v) is 10.3. The van der Waals surface area contributed by atoms with E-state index in [4.69, 9.17) is 4.74 Å². The maximum Gasteiger partial charge on any atom is 0.407 e. The van der Waals surface area contributed by atoms with Gasteiger partial charge in [0.2, 0.25) is 5.91 Å². The molecular weight excluding hydrogens is 414 g/mol. The van der Waals surface area contributed by atoms with Gasteiger partial charge in [-0.3, -0.25) is 4.79 Å². The number of anilines is 2. The lowest BCUT2D eigenvalue weighted by atomic mass is 9.80. The molecule has 0 bridgehead atoms. The van der Waals surface area contributed by atoms with Gasteiger partial charge >= 0.3 is 6.09 Å². The topological polar surface area (TPSA) is 70.7 Å². The lowest BCUT2D eigenvalue weighted by Crippen LogP contribution is -2.51. The maximum atomic E-state index is 12.6. The fourth-order valence-corrected chi connectivity index (χ4v) is 4.95. The highest BCUT2D eigenvalue weighted by Crippen LogP contribution is 2.49. The van der Waals surface area contributed by atoms with E-state index in [0.29, 0.717) is 12.5 Å². The number of alkyl carbamates (subject to hydrolysis) is 1. The van der Waals surface area contributed by atoms with E-state index < -0.39 is 11.7 Å². The standard InChI is InChI=1S/C27H35N3O3/c1-17-24(22-11-6-7-12-23(22)30(18(2)31)25(17)20-13-14-20)29-21-10-8-9-19(15-21)16-28-26(32)33-27(3,4)5/h6-12,15,17,20,24-25,29H,13-14,16H2,1-5H3,(H,28,32)/t17-,24-,25-/m1/s1. The molecule has 6 heteroatoms. The molecule has 1 aliphatic carbocycles. The van der Waals surface area contributed by atoms with Gasteiger partial charge in [0.25, 0.3) is 0 Å². The minimum Gasteiger partial charge on any atom is -0.444 e. The van der Waals surface area contributed by atoms with E-state index in [1.807, 2.05) is 49.9 Å². The molecule has 33 heavy (non-hydrogen) atoms. The van der Waals surface area contributed by atoms with Crippen molar-refractivity contribution < 1.29 is 14.3 Å². The van der Waals surface area contributed by atoms with Crippen molar-refractivity contribution in [2.45, 2.75) is 71.7 Å². The summed E-state index contributed by atoms with van der Waals surface area (Å²) < 4.78 is 5.34. The zero-order chi connectivity index (χ0) is 23.8. The molecule has 2 N–H and O–H groups in total. The Morgan fingerprint density at radius 2 is 1.82 bits per heavy atom. The van der Waals surface area contributed by atoms with E-state index in [-0.39, 0.29) is 23.9 Å². The van der Waals surface area contributed by atoms with Crippen molar-refractivity contribution in [2.75, 3.05) is 10.2 Å². The molecule has 176 valence electrons. The molecule has 2 aromatic rings. The molecule has 1 saturated carbocycles. The van der Waals surface area contributed by atoms with E-state index in [9.17, 15) is 9.59 Å². The van der Waals surface area contributed by atoms with Crippen molar-refractivity contribution in [3.8, 4) is 0 Å². The summed E-state index contributed by atoms with van der Waals surface area (Å²) in [4.78, 5) is 26.7. The first-order valence-corrected chi connectivity index (χ1v) is 11.8. The van der Waals surface area contributed by atoms with Crippen molar-refractivity contribution >= 4 is 23.4 Å². The molecule has 2 aromatic carbocycles. The highest BCUT2D eigenvalue weighted by atomic mass is 16.6. The van der Waals surface area contributed by atoms with Crippen LogP contribution in [0.1, 0.15) is 64.6 Å². The molecule has 6 nitrogen and oxygen atoms in total. The number of rotatable bonds is 5. The smallest absolute Gasteiger partial charge is 0.407 e. The van der Waals surface area contributed by atoms with Crippen molar-refractivity contribution in [2.24, 2.45) is 11.8 Å². The van der Waals surface area contributed by atoms with Gasteiger partial charge in [-0.1, -0.05) is 37.3 Å². The molecule has 0 aromatic heterocycles. The molecule has 0 unspecified atom stereocenters. The monoisotopic (exact) mass is 449 g/mol. The van der Waals surface area contributed by atoms with Crippen LogP contribution in [0.5, 0.6) is 0 Å². The summed E-state index contributed by atoms with van der Waals surface area (Å²) in [6.45, 7) is 9.87. The number of hydrogen-bond acceptors (Lipinski definition) is 4. The van der Waals surface area contributed by atoms with Gasteiger partial charge in [-0.2, -0.15) is 0 Å². The number of carbonyl (C=O) groups excluding carboxylic acids is 2. The van der Waals surface area contributed by atoms with Gasteiger partial charge in [0.15, 0.2) is 0 Å². The van der Waals surface area contributed by atoms with Crippen molar-refractivity contribution in [3.63, 3.8) is 0 Å². The molecular formula is C27H35N3O3. The molecule has 1 fully saturated rings. The van der Waals surface area contributed by atoms with E-state index in [1.54, 1.807) is 6.92 Å². The predicted octanol–water partition coefficient (Wildman–Crippen LogP) is 5.65. The number of para-hydroxylation sites is 1. The fraction of sp³-hybridized carbons (Fsp3) is 0.481. The molecule has 0 radical (unpaired) electrons. The molecule has 2 amide bonds. The summed E-state index contributed by atoms with van der Waals surface area (Å²) in [7, 11) is 0. The van der Waals surface area contributed by atoms with Gasteiger partial charge < -0.3 is 20.3 Å². The molecule has 1 aliphatic heterocycles. The first-order chi connectivity index (χ1) is 15.6. The maximum absolute atomic E-state index is 12.6. The predicted molar refractivity (Wildman–Crippen MR) is 131 cm³/mol. The second-order valence-electron chi connectivity index (χ2n) is 10.3. The summed E-state index contributed by atoms with van der Waals surface area (Å²) in [5.74, 6) is 0.936. The van der Waals surface area contributed by atoms with Crippen molar-refractivity contribution in [3.05, 3.63) is 59.7 Å². The van der Waals surface area contributed by atoms with E-state index in [0.717, 1.165) is 22.5 Å². The number of nitrogens with one attached hydrogen (secondary N) is 2. The zero-order valence-electron chi connectivity index (χ0n) is 20.2. The number of carbonyl (C=O) groups is 2. The van der Waals surface area contributed by atoms with Gasteiger partial charge in [0.1, 0.15) is 5.60 Å². The van der Waals surface area contributed by atoms with Gasteiger partial charge in [0.05, 0.1) is 6.04 Å². The summed E-state index contributed by atoms with van der Waals surface area (Å²) in [6.07, 6.45) is 1.94. The van der Waals surface area contributed by atoms with Crippen LogP contribution in [-0.2, 0) is 16.1 Å². The molecule has 0 spiro atoms. The SMILES string of the molecule is CC(=O)N1c2ccccc2[C@H](Nc2cccc(CNC(=O)OC(C)(C)C)c2)[C@@H](C)[C@@H]1C1CC1. The van der Waals surface area contributed by atoms with Crippen LogP contribution in [0.4, 0.5) is 16.2 Å². The van der Waals surface area contributed by atoms with Gasteiger partial charge in [-0.25, -0.2) is 4.79 Å². The average molecular weight is 450 g/mol. The zero-order valence-corrected chi connectivity index (χ0v) is 20.2. The third-order valence-electron chi connectivity index (χ3n) is 6.42. The summed E-state index contributed by atoms with van der Waals surface area (Å²) in [5.41, 5.74) is 3.63. The highest BCUT2D eigenvalue weighted by Gasteiger charge is 2.47. The van der Waals surface area contributed by atoms with Crippen LogP contribution < -0.4 is 15.5 Å². The van der Waals surface area contributed by atoms with Crippen molar-refractivity contribution in [1.82, 2.24) is 5.32 Å². The lowest BCUT2D eigenvalue weighted by Gasteiger charge is -2.46. The number of benzene rings is 2. The number of ether oxygens (including phenoxy) is 1. The Bertz CT molecular complexity index is 1030. The molecule has 1 heterocycles. The van der Waals surface area contributed by atoms with Crippen LogP contribution in [-0.4, -0.2) is 23.6 Å². The number of nitrogens with zero attached hydrogens (tertiary/aromatic N) is 1. The average Bonchev–Trinajstić information content (AvgIpc) is 3.58. The van der Waals surface area contributed by atoms with Crippen LogP contribution >= 0.6 is 0 Å². The minimum atomic E-state index is -0.524. The number of fused-ring (bicyclic) bond motifs is 1. The van der Waals surface area contributed by atoms with E-state index >= 15 is 0 Å². The summed E-state index contributed by atoms with van der Waals surface area (Å²) in [5, 5.41) is 6.57. The summed E-state index contributed by atoms with van der Waals surface area (Å²) >= 11 is 0. The third kappa shape index (κ3) is 5.32. The van der Waals surface area contributed by atoms with Crippen LogP contribution in [0.25, 0.3) is 0 Å². The van der Waals surface area contributed by atoms with E-state index in [1.165, 1.54) is 12.8 Å². The van der Waals surface area contributed by atoms with Crippen LogP contribution in [0, 0.1) is 11.8 Å². The van der Waals surface area contributed by atoms with Crippen LogP contribution in [0.15, 0.2) is 48.5 Å². The Morgan fingerprint density at radius 3 is 2.48 bits per heavy atom. The Hall–Kier alpha value is -3.02. The molecule has 2 aliphatic rings. The van der Waals surface area contributed by atoms with Crippen molar-refractivity contribution in [1.29, 1.82) is 0 Å². The van der Waals surface area contributed by atoms with Gasteiger partial charge in [-0.05, 0) is 68.9 Å². The summed E-state index contributed by atoms with van der Waals surface area (Å²) in [6, 6.07) is 16.6. The Morgan fingerprint density at radius 1 is 1.09 bits per heavy atom. The van der Waals surface area contributed by atoms with Crippen LogP contribution in [0.2, 0.25) is 0 Å². The Balaban J connectivity index is 1.54. The largest absolute Gasteiger partial charge is 0.444 e. The molecule has 0 saturated heterocycles. The highest BCUT2D eigenvalue weighted by molar-refractivity contribution is 5.94. The normalized spacial score (nSPS) is 22.3. The van der Waals surface area contributed by atoms with Gasteiger partial charge in [-0.15, -0.1) is 0 Å².